The van der Waals surface area contributed by atoms with Gasteiger partial charge in [0.15, 0.2) is 0 Å². The Morgan fingerprint density at radius 3 is 2.77 bits per heavy atom. The smallest absolute Gasteiger partial charge is 0.215 e. The number of hydrogen-bond acceptors (Lipinski definition) is 3. The monoisotopic (exact) mass is 184 g/mol. The maximum Gasteiger partial charge on any atom is 0.215 e. The fourth-order valence-corrected chi connectivity index (χ4v) is 0.962. The first kappa shape index (κ1) is 10.1. The van der Waals surface area contributed by atoms with Gasteiger partial charge < -0.3 is 10.8 Å². The average Bonchev–Trinajstić information content (AvgIpc) is 2.09. The van der Waals surface area contributed by atoms with E-state index in [1.54, 1.807) is 19.9 Å². The van der Waals surface area contributed by atoms with Crippen LogP contribution in [0.3, 0.4) is 0 Å². The van der Waals surface area contributed by atoms with Crippen molar-refractivity contribution in [3.63, 3.8) is 0 Å². The highest BCUT2D eigenvalue weighted by Crippen LogP contribution is 2.17. The van der Waals surface area contributed by atoms with Crippen LogP contribution in [0.5, 0.6) is 0 Å². The van der Waals surface area contributed by atoms with E-state index in [9.17, 15) is 4.39 Å². The maximum absolute atomic E-state index is 12.8. The summed E-state index contributed by atoms with van der Waals surface area (Å²) in [6.07, 6.45) is 1.35. The van der Waals surface area contributed by atoms with E-state index < -0.39 is 11.5 Å². The van der Waals surface area contributed by atoms with Crippen molar-refractivity contribution in [3.05, 3.63) is 29.3 Å². The largest absolute Gasteiger partial charge is 0.394 e. The molecule has 0 fully saturated rings. The van der Waals surface area contributed by atoms with Gasteiger partial charge in [0.05, 0.1) is 12.1 Å². The highest BCUT2D eigenvalue weighted by molar-refractivity contribution is 5.24. The fraction of sp³-hybridized carbons (Fsp3) is 0.444. The van der Waals surface area contributed by atoms with E-state index in [1.165, 1.54) is 6.20 Å². The molecule has 3 nitrogen and oxygen atoms in total. The van der Waals surface area contributed by atoms with Gasteiger partial charge in [-0.1, -0.05) is 0 Å². The Hall–Kier alpha value is -1.00. The van der Waals surface area contributed by atoms with Gasteiger partial charge in [0.2, 0.25) is 5.95 Å². The van der Waals surface area contributed by atoms with Crippen molar-refractivity contribution in [2.24, 2.45) is 5.73 Å². The van der Waals surface area contributed by atoms with Gasteiger partial charge in [-0.15, -0.1) is 0 Å². The second kappa shape index (κ2) is 3.40. The third-order valence-corrected chi connectivity index (χ3v) is 2.00. The van der Waals surface area contributed by atoms with Crippen LogP contribution in [-0.2, 0) is 5.54 Å². The van der Waals surface area contributed by atoms with Crippen LogP contribution in [0, 0.1) is 12.9 Å². The van der Waals surface area contributed by atoms with Crippen molar-refractivity contribution < 1.29 is 9.50 Å². The molecule has 1 rings (SSSR count). The lowest BCUT2D eigenvalue weighted by Crippen LogP contribution is -2.37. The number of pyridine rings is 1. The molecule has 0 saturated carbocycles. The van der Waals surface area contributed by atoms with E-state index in [0.717, 1.165) is 0 Å². The third kappa shape index (κ3) is 2.02. The molecule has 1 aromatic rings. The summed E-state index contributed by atoms with van der Waals surface area (Å²) in [5.41, 5.74) is 5.95. The van der Waals surface area contributed by atoms with Crippen molar-refractivity contribution in [1.82, 2.24) is 4.98 Å². The molecule has 1 atom stereocenters. The molecular weight excluding hydrogens is 171 g/mol. The number of nitrogens with zero attached hydrogens (tertiary/aromatic N) is 1. The van der Waals surface area contributed by atoms with Crippen LogP contribution in [0.1, 0.15) is 18.1 Å². The molecule has 72 valence electrons. The Bertz CT molecular complexity index is 312. The van der Waals surface area contributed by atoms with Gasteiger partial charge in [-0.05, 0) is 25.5 Å². The van der Waals surface area contributed by atoms with Gasteiger partial charge >= 0.3 is 0 Å². The molecule has 1 heterocycles. The van der Waals surface area contributed by atoms with Gasteiger partial charge in [-0.3, -0.25) is 0 Å². The average molecular weight is 184 g/mol. The zero-order valence-corrected chi connectivity index (χ0v) is 7.71. The zero-order chi connectivity index (χ0) is 10.1. The quantitative estimate of drug-likeness (QED) is 0.665. The lowest BCUT2D eigenvalue weighted by Gasteiger charge is -2.22. The predicted octanol–water partition coefficient (Wildman–Crippen LogP) is 0.695. The van der Waals surface area contributed by atoms with E-state index in [0.29, 0.717) is 11.1 Å². The van der Waals surface area contributed by atoms with Crippen LogP contribution in [0.4, 0.5) is 4.39 Å². The molecule has 0 aromatic carbocycles. The predicted molar refractivity (Wildman–Crippen MR) is 47.6 cm³/mol. The maximum atomic E-state index is 12.8. The van der Waals surface area contributed by atoms with Crippen LogP contribution in [0.2, 0.25) is 0 Å². The Morgan fingerprint density at radius 1 is 1.69 bits per heavy atom. The summed E-state index contributed by atoms with van der Waals surface area (Å²) >= 11 is 0. The first-order valence-corrected chi connectivity index (χ1v) is 4.00. The second-order valence-corrected chi connectivity index (χ2v) is 3.41. The van der Waals surface area contributed by atoms with Crippen LogP contribution in [-0.4, -0.2) is 16.7 Å². The number of aryl methyl sites for hydroxylation is 1. The molecule has 13 heavy (non-hydrogen) atoms. The van der Waals surface area contributed by atoms with Gasteiger partial charge in [-0.25, -0.2) is 4.98 Å². The molecular formula is C9H13FN2O. The third-order valence-electron chi connectivity index (χ3n) is 2.00. The van der Waals surface area contributed by atoms with E-state index in [2.05, 4.69) is 4.98 Å². The summed E-state index contributed by atoms with van der Waals surface area (Å²) in [6, 6.07) is 1.60. The number of aliphatic hydroxyl groups is 1. The first-order chi connectivity index (χ1) is 5.97. The molecule has 0 aliphatic heterocycles. The number of aromatic nitrogens is 1. The number of aliphatic hydroxyl groups excluding tert-OH is 1. The Labute approximate surface area is 76.4 Å². The normalized spacial score (nSPS) is 15.5. The van der Waals surface area contributed by atoms with Crippen molar-refractivity contribution in [2.45, 2.75) is 19.4 Å². The number of hydrogen-bond donors (Lipinski definition) is 2. The van der Waals surface area contributed by atoms with E-state index >= 15 is 0 Å². The van der Waals surface area contributed by atoms with Crippen LogP contribution < -0.4 is 5.73 Å². The minimum atomic E-state index is -0.856. The molecule has 0 amide bonds. The number of rotatable bonds is 2. The summed E-state index contributed by atoms with van der Waals surface area (Å²) in [4.78, 5) is 3.54. The molecule has 0 bridgehead atoms. The highest BCUT2D eigenvalue weighted by Gasteiger charge is 2.20. The van der Waals surface area contributed by atoms with Gasteiger partial charge in [0, 0.05) is 11.8 Å². The lowest BCUT2D eigenvalue weighted by molar-refractivity contribution is 0.209. The number of halogens is 1. The topological polar surface area (TPSA) is 59.1 Å². The van der Waals surface area contributed by atoms with Gasteiger partial charge in [0.25, 0.3) is 0 Å². The second-order valence-electron chi connectivity index (χ2n) is 3.41. The Kier molecular flexibility index (Phi) is 2.63. The number of nitrogens with two attached hydrogens (primary N) is 1. The Balaban J connectivity index is 3.10. The van der Waals surface area contributed by atoms with E-state index in [1.807, 2.05) is 0 Å². The van der Waals surface area contributed by atoms with Crippen molar-refractivity contribution in [1.29, 1.82) is 0 Å². The molecule has 0 spiro atoms. The van der Waals surface area contributed by atoms with Crippen molar-refractivity contribution >= 4 is 0 Å². The minimum Gasteiger partial charge on any atom is -0.394 e. The minimum absolute atomic E-state index is 0.195. The molecule has 0 saturated heterocycles. The molecule has 0 radical (unpaired) electrons. The molecule has 1 unspecified atom stereocenters. The molecule has 0 aliphatic carbocycles. The van der Waals surface area contributed by atoms with Gasteiger partial charge in [0.1, 0.15) is 0 Å². The van der Waals surface area contributed by atoms with Crippen LogP contribution in [0.25, 0.3) is 0 Å². The molecule has 1 aromatic heterocycles. The first-order valence-electron chi connectivity index (χ1n) is 4.00. The summed E-state index contributed by atoms with van der Waals surface area (Å²) in [6.45, 7) is 3.08. The molecule has 4 heteroatoms. The standard InChI is InChI=1S/C9H13FN2O/c1-6-3-7(4-12-8(6)10)9(2,11)5-13/h3-4,13H,5,11H2,1-2H3. The molecule has 0 aliphatic rings. The SMILES string of the molecule is Cc1cc(C(C)(N)CO)cnc1F. The van der Waals surface area contributed by atoms with Crippen LogP contribution in [0.15, 0.2) is 12.3 Å². The van der Waals surface area contributed by atoms with Crippen LogP contribution >= 0.6 is 0 Å². The highest BCUT2D eigenvalue weighted by atomic mass is 19.1. The molecule has 3 N–H and O–H groups in total. The summed E-state index contributed by atoms with van der Waals surface area (Å²) in [5.74, 6) is -0.502. The Morgan fingerprint density at radius 2 is 2.31 bits per heavy atom. The summed E-state index contributed by atoms with van der Waals surface area (Å²) < 4.78 is 12.8. The lowest BCUT2D eigenvalue weighted by atomic mass is 9.95. The zero-order valence-electron chi connectivity index (χ0n) is 7.71. The van der Waals surface area contributed by atoms with Crippen molar-refractivity contribution in [2.75, 3.05) is 6.61 Å². The van der Waals surface area contributed by atoms with Crippen molar-refractivity contribution in [3.8, 4) is 0 Å². The van der Waals surface area contributed by atoms with E-state index in [4.69, 9.17) is 10.8 Å². The van der Waals surface area contributed by atoms with E-state index in [-0.39, 0.29) is 6.61 Å². The van der Waals surface area contributed by atoms with Gasteiger partial charge in [-0.2, -0.15) is 4.39 Å². The summed E-state index contributed by atoms with van der Waals surface area (Å²) in [5, 5.41) is 8.96. The fourth-order valence-electron chi connectivity index (χ4n) is 0.962. The summed E-state index contributed by atoms with van der Waals surface area (Å²) in [7, 11) is 0.